The summed E-state index contributed by atoms with van der Waals surface area (Å²) in [6.07, 6.45) is 11.5. The van der Waals surface area contributed by atoms with Gasteiger partial charge in [-0.3, -0.25) is 4.90 Å². The van der Waals surface area contributed by atoms with Gasteiger partial charge in [-0.15, -0.1) is 0 Å². The lowest BCUT2D eigenvalue weighted by Crippen LogP contribution is -2.63. The van der Waals surface area contributed by atoms with Crippen LogP contribution in [-0.2, 0) is 0 Å². The van der Waals surface area contributed by atoms with Crippen molar-refractivity contribution < 1.29 is 0 Å². The van der Waals surface area contributed by atoms with E-state index < -0.39 is 0 Å². The smallest absolute Gasteiger partial charge is 0.0364 e. The van der Waals surface area contributed by atoms with Crippen molar-refractivity contribution in [3.8, 4) is 0 Å². The molecule has 1 N–H and O–H groups in total. The van der Waals surface area contributed by atoms with Crippen LogP contribution in [0.25, 0.3) is 0 Å². The fourth-order valence-electron chi connectivity index (χ4n) is 5.46. The minimum absolute atomic E-state index is 0.446. The van der Waals surface area contributed by atoms with E-state index in [2.05, 4.69) is 37.9 Å². The van der Waals surface area contributed by atoms with E-state index in [0.717, 1.165) is 18.4 Å². The molecule has 0 radical (unpaired) electrons. The molecule has 124 valence electrons. The molecule has 0 spiro atoms. The Hall–Kier alpha value is -0.0800. The largest absolute Gasteiger partial charge is 0.312 e. The molecule has 0 aromatic heterocycles. The van der Waals surface area contributed by atoms with E-state index in [0.29, 0.717) is 11.6 Å². The van der Waals surface area contributed by atoms with E-state index in [9.17, 15) is 0 Å². The van der Waals surface area contributed by atoms with Crippen LogP contribution in [0.2, 0.25) is 0 Å². The molecule has 21 heavy (non-hydrogen) atoms. The van der Waals surface area contributed by atoms with E-state index in [4.69, 9.17) is 0 Å². The first-order valence-electron chi connectivity index (χ1n) is 9.66. The highest BCUT2D eigenvalue weighted by atomic mass is 15.2. The van der Waals surface area contributed by atoms with Gasteiger partial charge >= 0.3 is 0 Å². The van der Waals surface area contributed by atoms with Crippen molar-refractivity contribution in [3.63, 3.8) is 0 Å². The molecule has 0 bridgehead atoms. The number of nitrogens with zero attached hydrogens (tertiary/aromatic N) is 1. The third-order valence-corrected chi connectivity index (χ3v) is 6.31. The maximum absolute atomic E-state index is 3.96. The molecule has 2 aliphatic carbocycles. The fourth-order valence-corrected chi connectivity index (χ4v) is 5.46. The molecule has 0 aromatic carbocycles. The maximum atomic E-state index is 3.96. The minimum atomic E-state index is 0.446. The highest BCUT2D eigenvalue weighted by Gasteiger charge is 2.47. The molecule has 3 unspecified atom stereocenters. The third-order valence-electron chi connectivity index (χ3n) is 6.31. The summed E-state index contributed by atoms with van der Waals surface area (Å²) in [5.41, 5.74) is 0.446. The predicted molar refractivity (Wildman–Crippen MR) is 92.7 cm³/mol. The summed E-state index contributed by atoms with van der Waals surface area (Å²) >= 11 is 0. The number of nitrogens with one attached hydrogen (secondary N) is 1. The summed E-state index contributed by atoms with van der Waals surface area (Å²) in [4.78, 5) is 2.80. The van der Waals surface area contributed by atoms with Crippen molar-refractivity contribution in [2.75, 3.05) is 19.6 Å². The molecular formula is C19H38N2. The monoisotopic (exact) mass is 294 g/mol. The van der Waals surface area contributed by atoms with Gasteiger partial charge in [0, 0.05) is 11.6 Å². The second-order valence-electron chi connectivity index (χ2n) is 7.55. The average molecular weight is 295 g/mol. The van der Waals surface area contributed by atoms with Gasteiger partial charge in [0.15, 0.2) is 0 Å². The van der Waals surface area contributed by atoms with E-state index in [1.165, 1.54) is 64.5 Å². The maximum Gasteiger partial charge on any atom is 0.0364 e. The molecule has 2 nitrogen and oxygen atoms in total. The lowest BCUT2D eigenvalue weighted by molar-refractivity contribution is 0.0260. The third kappa shape index (κ3) is 3.64. The lowest BCUT2D eigenvalue weighted by Gasteiger charge is -2.50. The molecule has 2 heteroatoms. The summed E-state index contributed by atoms with van der Waals surface area (Å²) in [6, 6.07) is 0.715. The Morgan fingerprint density at radius 2 is 1.71 bits per heavy atom. The molecule has 2 saturated carbocycles. The van der Waals surface area contributed by atoms with Crippen molar-refractivity contribution in [2.24, 2.45) is 11.8 Å². The van der Waals surface area contributed by atoms with Gasteiger partial charge in [-0.2, -0.15) is 0 Å². The van der Waals surface area contributed by atoms with Crippen LogP contribution in [0.1, 0.15) is 79.1 Å². The molecule has 0 heterocycles. The van der Waals surface area contributed by atoms with Crippen LogP contribution in [0.3, 0.4) is 0 Å². The highest BCUT2D eigenvalue weighted by Crippen LogP contribution is 2.44. The number of likely N-dealkylation sites (N-methyl/N-ethyl adjacent to an activating group) is 2. The topological polar surface area (TPSA) is 15.3 Å². The Bertz CT molecular complexity index is 292. The van der Waals surface area contributed by atoms with Gasteiger partial charge in [0.1, 0.15) is 0 Å². The zero-order valence-corrected chi connectivity index (χ0v) is 15.0. The summed E-state index contributed by atoms with van der Waals surface area (Å²) in [5.74, 6) is 1.83. The molecule has 0 saturated heterocycles. The normalized spacial score (nSPS) is 30.7. The molecule has 0 amide bonds. The van der Waals surface area contributed by atoms with Gasteiger partial charge in [-0.1, -0.05) is 53.4 Å². The second-order valence-corrected chi connectivity index (χ2v) is 7.55. The Balaban J connectivity index is 2.23. The predicted octanol–water partition coefficient (Wildman–Crippen LogP) is 4.45. The summed E-state index contributed by atoms with van der Waals surface area (Å²) in [5, 5.41) is 3.96. The molecule has 3 atom stereocenters. The fraction of sp³-hybridized carbons (Fsp3) is 1.00. The first-order chi connectivity index (χ1) is 10.2. The van der Waals surface area contributed by atoms with Crippen LogP contribution in [-0.4, -0.2) is 36.1 Å². The van der Waals surface area contributed by atoms with Crippen LogP contribution in [0.15, 0.2) is 0 Å². The highest BCUT2D eigenvalue weighted by molar-refractivity contribution is 5.06. The minimum Gasteiger partial charge on any atom is -0.312 e. The quantitative estimate of drug-likeness (QED) is 0.746. The summed E-state index contributed by atoms with van der Waals surface area (Å²) in [6.45, 7) is 13.0. The average Bonchev–Trinajstić information content (AvgIpc) is 2.96. The zero-order valence-electron chi connectivity index (χ0n) is 15.0. The van der Waals surface area contributed by atoms with Gasteiger partial charge in [-0.05, 0) is 57.2 Å². The Kier molecular flexibility index (Phi) is 6.55. The van der Waals surface area contributed by atoms with Gasteiger partial charge in [0.2, 0.25) is 0 Å². The zero-order chi connectivity index (χ0) is 15.3. The molecule has 2 fully saturated rings. The van der Waals surface area contributed by atoms with E-state index >= 15 is 0 Å². The number of hydrogen-bond acceptors (Lipinski definition) is 2. The van der Waals surface area contributed by atoms with Crippen molar-refractivity contribution >= 4 is 0 Å². The summed E-state index contributed by atoms with van der Waals surface area (Å²) in [7, 11) is 0. The molecule has 0 aromatic rings. The Morgan fingerprint density at radius 3 is 2.24 bits per heavy atom. The van der Waals surface area contributed by atoms with E-state index in [-0.39, 0.29) is 0 Å². The Morgan fingerprint density at radius 1 is 1.05 bits per heavy atom. The van der Waals surface area contributed by atoms with Crippen molar-refractivity contribution in [2.45, 2.75) is 90.6 Å². The van der Waals surface area contributed by atoms with Gasteiger partial charge in [-0.25, -0.2) is 0 Å². The van der Waals surface area contributed by atoms with Gasteiger partial charge in [0.05, 0.1) is 0 Å². The second kappa shape index (κ2) is 7.97. The van der Waals surface area contributed by atoms with Crippen molar-refractivity contribution in [1.82, 2.24) is 10.2 Å². The SMILES string of the molecule is CCNC(C1CCCC(C)C1)C1(N(CC)CC)CCCC1. The van der Waals surface area contributed by atoms with Crippen LogP contribution in [0.5, 0.6) is 0 Å². The van der Waals surface area contributed by atoms with Crippen LogP contribution >= 0.6 is 0 Å². The molecule has 0 aliphatic heterocycles. The summed E-state index contributed by atoms with van der Waals surface area (Å²) < 4.78 is 0. The van der Waals surface area contributed by atoms with E-state index in [1.807, 2.05) is 0 Å². The first kappa shape index (κ1) is 17.3. The standard InChI is InChI=1S/C19H38N2/c1-5-20-18(17-12-10-11-16(4)15-17)19(13-8-9-14-19)21(6-2)7-3/h16-18,20H,5-15H2,1-4H3. The van der Waals surface area contributed by atoms with Gasteiger partial charge in [0.25, 0.3) is 0 Å². The van der Waals surface area contributed by atoms with Crippen molar-refractivity contribution in [3.05, 3.63) is 0 Å². The first-order valence-corrected chi connectivity index (χ1v) is 9.66. The van der Waals surface area contributed by atoms with Crippen LogP contribution in [0.4, 0.5) is 0 Å². The number of hydrogen-bond donors (Lipinski definition) is 1. The van der Waals surface area contributed by atoms with Crippen molar-refractivity contribution in [1.29, 1.82) is 0 Å². The Labute approximate surface area is 133 Å². The van der Waals surface area contributed by atoms with E-state index in [1.54, 1.807) is 0 Å². The lowest BCUT2D eigenvalue weighted by atomic mass is 9.70. The molecular weight excluding hydrogens is 256 g/mol. The van der Waals surface area contributed by atoms with Gasteiger partial charge < -0.3 is 5.32 Å². The molecule has 2 rings (SSSR count). The number of rotatable bonds is 7. The van der Waals surface area contributed by atoms with Crippen LogP contribution in [0, 0.1) is 11.8 Å². The van der Waals surface area contributed by atoms with Crippen LogP contribution < -0.4 is 5.32 Å². The molecule has 2 aliphatic rings.